The molecule has 33 heavy (non-hydrogen) atoms. The van der Waals surface area contributed by atoms with E-state index in [1.165, 1.54) is 32.4 Å². The molecule has 0 spiro atoms. The molecule has 10 heteroatoms. The summed E-state index contributed by atoms with van der Waals surface area (Å²) in [5.74, 6) is 0.299. The van der Waals surface area contributed by atoms with Gasteiger partial charge in [0.2, 0.25) is 15.9 Å². The fourth-order valence-electron chi connectivity index (χ4n) is 3.10. The molecular formula is C23H22Cl2N2O5S. The Kier molecular flexibility index (Phi) is 8.20. The average molecular weight is 509 g/mol. The van der Waals surface area contributed by atoms with Crippen molar-refractivity contribution in [2.24, 2.45) is 0 Å². The highest BCUT2D eigenvalue weighted by Crippen LogP contribution is 2.29. The maximum absolute atomic E-state index is 13.3. The van der Waals surface area contributed by atoms with Gasteiger partial charge in [-0.05, 0) is 42.3 Å². The van der Waals surface area contributed by atoms with Crippen LogP contribution in [0.5, 0.6) is 11.5 Å². The zero-order valence-electron chi connectivity index (χ0n) is 17.8. The van der Waals surface area contributed by atoms with E-state index in [1.54, 1.807) is 42.5 Å². The van der Waals surface area contributed by atoms with Gasteiger partial charge in [-0.15, -0.1) is 0 Å². The Morgan fingerprint density at radius 2 is 1.70 bits per heavy atom. The quantitative estimate of drug-likeness (QED) is 0.442. The van der Waals surface area contributed by atoms with Crippen molar-refractivity contribution in [2.45, 2.75) is 17.4 Å². The van der Waals surface area contributed by atoms with Crippen molar-refractivity contribution in [1.82, 2.24) is 4.72 Å². The maximum Gasteiger partial charge on any atom is 0.243 e. The first-order valence-electron chi connectivity index (χ1n) is 9.77. The summed E-state index contributed by atoms with van der Waals surface area (Å²) in [7, 11) is -1.23. The second-order valence-electron chi connectivity index (χ2n) is 6.99. The van der Waals surface area contributed by atoms with Crippen LogP contribution in [0.25, 0.3) is 0 Å². The summed E-state index contributed by atoms with van der Waals surface area (Å²) in [4.78, 5) is 13.0. The number of halogens is 2. The van der Waals surface area contributed by atoms with E-state index in [-0.39, 0.29) is 21.4 Å². The van der Waals surface area contributed by atoms with Gasteiger partial charge in [0.15, 0.2) is 0 Å². The molecule has 0 heterocycles. The summed E-state index contributed by atoms with van der Waals surface area (Å²) in [5.41, 5.74) is 1.09. The zero-order chi connectivity index (χ0) is 24.0. The highest BCUT2D eigenvalue weighted by Gasteiger charge is 2.28. The monoisotopic (exact) mass is 508 g/mol. The molecule has 3 rings (SSSR count). The Morgan fingerprint density at radius 1 is 0.970 bits per heavy atom. The topological polar surface area (TPSA) is 93.7 Å². The van der Waals surface area contributed by atoms with E-state index < -0.39 is 22.0 Å². The van der Waals surface area contributed by atoms with Gasteiger partial charge in [-0.1, -0.05) is 53.5 Å². The largest absolute Gasteiger partial charge is 0.497 e. The van der Waals surface area contributed by atoms with Crippen LogP contribution < -0.4 is 19.5 Å². The van der Waals surface area contributed by atoms with Gasteiger partial charge in [0.1, 0.15) is 22.4 Å². The van der Waals surface area contributed by atoms with Crippen LogP contribution in [-0.2, 0) is 21.2 Å². The predicted molar refractivity (Wildman–Crippen MR) is 129 cm³/mol. The second kappa shape index (κ2) is 10.9. The summed E-state index contributed by atoms with van der Waals surface area (Å²) < 4.78 is 39.2. The van der Waals surface area contributed by atoms with Crippen molar-refractivity contribution in [2.75, 3.05) is 19.5 Å². The smallest absolute Gasteiger partial charge is 0.243 e. The molecule has 0 radical (unpaired) electrons. The Bertz CT molecular complexity index is 1240. The van der Waals surface area contributed by atoms with Crippen LogP contribution in [-0.4, -0.2) is 34.6 Å². The third kappa shape index (κ3) is 6.39. The van der Waals surface area contributed by atoms with Crippen molar-refractivity contribution in [1.29, 1.82) is 0 Å². The van der Waals surface area contributed by atoms with Gasteiger partial charge in [0, 0.05) is 11.1 Å². The first kappa shape index (κ1) is 24.9. The Hall–Kier alpha value is -2.78. The fraction of sp³-hybridized carbons (Fsp3) is 0.174. The van der Waals surface area contributed by atoms with E-state index in [4.69, 9.17) is 32.7 Å². The van der Waals surface area contributed by atoms with E-state index in [2.05, 4.69) is 10.0 Å². The standard InChI is InChI=1S/C23H22Cl2N2O5S/c1-31-17-9-11-21(32-2)19(14-17)26-23(28)20(12-15-6-4-3-5-7-15)27-33(29,30)22-13-16(24)8-10-18(22)25/h3-11,13-14,20,27H,12H2,1-2H3,(H,26,28)/t20-/m1/s1. The van der Waals surface area contributed by atoms with Crippen LogP contribution in [0.15, 0.2) is 71.6 Å². The third-order valence-electron chi connectivity index (χ3n) is 4.74. The number of anilines is 1. The molecule has 0 fully saturated rings. The number of rotatable bonds is 9. The average Bonchev–Trinajstić information content (AvgIpc) is 2.80. The van der Waals surface area contributed by atoms with Gasteiger partial charge in [0.05, 0.1) is 24.9 Å². The van der Waals surface area contributed by atoms with Crippen molar-refractivity contribution < 1.29 is 22.7 Å². The van der Waals surface area contributed by atoms with Crippen LogP contribution in [0.3, 0.4) is 0 Å². The Labute approximate surface area is 202 Å². The van der Waals surface area contributed by atoms with Gasteiger partial charge < -0.3 is 14.8 Å². The number of hydrogen-bond donors (Lipinski definition) is 2. The molecule has 0 aliphatic rings. The molecule has 0 saturated heterocycles. The molecule has 3 aromatic carbocycles. The molecule has 174 valence electrons. The van der Waals surface area contributed by atoms with E-state index in [0.29, 0.717) is 17.2 Å². The van der Waals surface area contributed by atoms with E-state index in [9.17, 15) is 13.2 Å². The van der Waals surface area contributed by atoms with E-state index in [0.717, 1.165) is 5.56 Å². The lowest BCUT2D eigenvalue weighted by Crippen LogP contribution is -2.45. The first-order chi connectivity index (χ1) is 15.7. The Balaban J connectivity index is 1.94. The summed E-state index contributed by atoms with van der Waals surface area (Å²) in [5, 5.41) is 2.91. The molecule has 0 saturated carbocycles. The van der Waals surface area contributed by atoms with Crippen LogP contribution >= 0.6 is 23.2 Å². The number of hydrogen-bond acceptors (Lipinski definition) is 5. The Morgan fingerprint density at radius 3 is 2.36 bits per heavy atom. The number of nitrogens with one attached hydrogen (secondary N) is 2. The highest BCUT2D eigenvalue weighted by molar-refractivity contribution is 7.89. The van der Waals surface area contributed by atoms with Crippen molar-refractivity contribution in [3.8, 4) is 11.5 Å². The zero-order valence-corrected chi connectivity index (χ0v) is 20.2. The lowest BCUT2D eigenvalue weighted by molar-refractivity contribution is -0.117. The van der Waals surface area contributed by atoms with Crippen molar-refractivity contribution in [3.05, 3.63) is 82.3 Å². The minimum atomic E-state index is -4.18. The minimum Gasteiger partial charge on any atom is -0.497 e. The van der Waals surface area contributed by atoms with Gasteiger partial charge in [-0.3, -0.25) is 4.79 Å². The molecule has 0 aliphatic carbocycles. The van der Waals surface area contributed by atoms with Crippen molar-refractivity contribution >= 4 is 44.8 Å². The normalized spacial score (nSPS) is 12.1. The number of amides is 1. The lowest BCUT2D eigenvalue weighted by Gasteiger charge is -2.20. The lowest BCUT2D eigenvalue weighted by atomic mass is 10.1. The molecule has 2 N–H and O–H groups in total. The van der Waals surface area contributed by atoms with Gasteiger partial charge in [-0.25, -0.2) is 8.42 Å². The maximum atomic E-state index is 13.3. The summed E-state index contributed by atoms with van der Waals surface area (Å²) in [6, 6.07) is 16.9. The van der Waals surface area contributed by atoms with Crippen LogP contribution in [0.1, 0.15) is 5.56 Å². The van der Waals surface area contributed by atoms with Crippen LogP contribution in [0, 0.1) is 0 Å². The summed E-state index contributed by atoms with van der Waals surface area (Å²) in [6.07, 6.45) is 0.0936. The van der Waals surface area contributed by atoms with Gasteiger partial charge in [-0.2, -0.15) is 4.72 Å². The molecular weight excluding hydrogens is 487 g/mol. The molecule has 0 bridgehead atoms. The molecule has 0 aliphatic heterocycles. The molecule has 0 unspecified atom stereocenters. The second-order valence-corrected chi connectivity index (χ2v) is 9.52. The van der Waals surface area contributed by atoms with Gasteiger partial charge in [0.25, 0.3) is 0 Å². The van der Waals surface area contributed by atoms with Crippen LogP contribution in [0.2, 0.25) is 10.0 Å². The molecule has 3 aromatic rings. The third-order valence-corrected chi connectivity index (χ3v) is 6.93. The molecule has 1 amide bonds. The van der Waals surface area contributed by atoms with E-state index >= 15 is 0 Å². The SMILES string of the molecule is COc1ccc(OC)c(NC(=O)[C@@H](Cc2ccccc2)NS(=O)(=O)c2cc(Cl)ccc2Cl)c1. The fourth-order valence-corrected chi connectivity index (χ4v) is 5.06. The van der Waals surface area contributed by atoms with Crippen LogP contribution in [0.4, 0.5) is 5.69 Å². The number of benzene rings is 3. The molecule has 1 atom stereocenters. The highest BCUT2D eigenvalue weighted by atomic mass is 35.5. The van der Waals surface area contributed by atoms with Gasteiger partial charge >= 0.3 is 0 Å². The number of carbonyl (C=O) groups excluding carboxylic acids is 1. The summed E-state index contributed by atoms with van der Waals surface area (Å²) in [6.45, 7) is 0. The summed E-state index contributed by atoms with van der Waals surface area (Å²) >= 11 is 12.1. The first-order valence-corrected chi connectivity index (χ1v) is 12.0. The number of carbonyl (C=O) groups is 1. The molecule has 7 nitrogen and oxygen atoms in total. The number of ether oxygens (including phenoxy) is 2. The minimum absolute atomic E-state index is 0.0137. The number of sulfonamides is 1. The molecule has 0 aromatic heterocycles. The van der Waals surface area contributed by atoms with Crippen molar-refractivity contribution in [3.63, 3.8) is 0 Å². The predicted octanol–water partition coefficient (Wildman–Crippen LogP) is 4.54. The van der Waals surface area contributed by atoms with E-state index in [1.807, 2.05) is 6.07 Å². The number of methoxy groups -OCH3 is 2.